The van der Waals surface area contributed by atoms with Crippen LogP contribution in [0, 0.1) is 6.92 Å². The van der Waals surface area contributed by atoms with E-state index >= 15 is 0 Å². The van der Waals surface area contributed by atoms with E-state index in [1.165, 1.54) is 23.4 Å². The van der Waals surface area contributed by atoms with Gasteiger partial charge in [0, 0.05) is 6.04 Å². The second-order valence-corrected chi connectivity index (χ2v) is 5.81. The molecule has 0 saturated carbocycles. The third-order valence-corrected chi connectivity index (χ3v) is 4.33. The molecule has 0 radical (unpaired) electrons. The number of fused-ring (bicyclic) bond motifs is 1. The fourth-order valence-electron chi connectivity index (χ4n) is 3.23. The average molecular weight is 283 g/mol. The van der Waals surface area contributed by atoms with E-state index in [2.05, 4.69) is 48.6 Å². The quantitative estimate of drug-likeness (QED) is 0.879. The zero-order valence-electron chi connectivity index (χ0n) is 12.6. The van der Waals surface area contributed by atoms with E-state index in [1.54, 1.807) is 0 Å². The SMILES string of the molecule is COC(=O)[C@H](c1ccc2cc(C)ccc2c1)[C@@H]1CCCN1. The first-order valence-corrected chi connectivity index (χ1v) is 7.50. The van der Waals surface area contributed by atoms with Crippen molar-refractivity contribution in [1.29, 1.82) is 0 Å². The molecule has 0 unspecified atom stereocenters. The molecular weight excluding hydrogens is 262 g/mol. The van der Waals surface area contributed by atoms with Gasteiger partial charge in [-0.1, -0.05) is 42.0 Å². The van der Waals surface area contributed by atoms with Gasteiger partial charge in [0.05, 0.1) is 13.0 Å². The van der Waals surface area contributed by atoms with Gasteiger partial charge in [-0.25, -0.2) is 0 Å². The maximum absolute atomic E-state index is 12.2. The number of rotatable bonds is 3. The zero-order valence-corrected chi connectivity index (χ0v) is 12.6. The molecule has 1 fully saturated rings. The first kappa shape index (κ1) is 14.1. The van der Waals surface area contributed by atoms with E-state index in [1.807, 2.05) is 0 Å². The Labute approximate surface area is 125 Å². The molecule has 3 rings (SSSR count). The Morgan fingerprint density at radius 3 is 2.71 bits per heavy atom. The van der Waals surface area contributed by atoms with E-state index in [9.17, 15) is 4.79 Å². The molecule has 0 bridgehead atoms. The Kier molecular flexibility index (Phi) is 3.93. The predicted molar refractivity (Wildman–Crippen MR) is 84.5 cm³/mol. The van der Waals surface area contributed by atoms with Crippen molar-refractivity contribution in [3.63, 3.8) is 0 Å². The molecule has 1 aliphatic rings. The normalized spacial score (nSPS) is 19.6. The Balaban J connectivity index is 2.01. The minimum Gasteiger partial charge on any atom is -0.469 e. The lowest BCUT2D eigenvalue weighted by Gasteiger charge is -2.22. The summed E-state index contributed by atoms with van der Waals surface area (Å²) in [4.78, 5) is 12.2. The van der Waals surface area contributed by atoms with E-state index < -0.39 is 0 Å². The van der Waals surface area contributed by atoms with Crippen LogP contribution in [0.3, 0.4) is 0 Å². The number of carbonyl (C=O) groups is 1. The van der Waals surface area contributed by atoms with Crippen LogP contribution in [-0.2, 0) is 9.53 Å². The molecule has 2 aromatic carbocycles. The lowest BCUT2D eigenvalue weighted by molar-refractivity contribution is -0.143. The molecule has 0 amide bonds. The Hall–Kier alpha value is -1.87. The lowest BCUT2D eigenvalue weighted by atomic mass is 9.89. The molecule has 21 heavy (non-hydrogen) atoms. The number of aryl methyl sites for hydroxylation is 1. The predicted octanol–water partition coefficient (Wildman–Crippen LogP) is 3.16. The highest BCUT2D eigenvalue weighted by Gasteiger charge is 2.32. The van der Waals surface area contributed by atoms with Crippen LogP contribution in [0.25, 0.3) is 10.8 Å². The zero-order chi connectivity index (χ0) is 14.8. The third-order valence-electron chi connectivity index (χ3n) is 4.33. The smallest absolute Gasteiger partial charge is 0.314 e. The Morgan fingerprint density at radius 2 is 2.00 bits per heavy atom. The average Bonchev–Trinajstić information content (AvgIpc) is 3.01. The van der Waals surface area contributed by atoms with E-state index in [0.717, 1.165) is 24.9 Å². The van der Waals surface area contributed by atoms with Crippen LogP contribution in [0.1, 0.15) is 29.9 Å². The summed E-state index contributed by atoms with van der Waals surface area (Å²) in [6.07, 6.45) is 2.14. The molecular formula is C18H21NO2. The molecule has 2 aromatic rings. The Morgan fingerprint density at radius 1 is 1.24 bits per heavy atom. The molecule has 0 spiro atoms. The fourth-order valence-corrected chi connectivity index (χ4v) is 3.23. The first-order valence-electron chi connectivity index (χ1n) is 7.50. The van der Waals surface area contributed by atoms with Crippen molar-refractivity contribution in [3.05, 3.63) is 47.5 Å². The number of esters is 1. The first-order chi connectivity index (χ1) is 10.2. The van der Waals surface area contributed by atoms with Crippen LogP contribution in [-0.4, -0.2) is 25.7 Å². The number of ether oxygens (including phenoxy) is 1. The van der Waals surface area contributed by atoms with E-state index in [-0.39, 0.29) is 17.9 Å². The van der Waals surface area contributed by atoms with Crippen molar-refractivity contribution in [1.82, 2.24) is 5.32 Å². The standard InChI is InChI=1S/C18H21NO2/c1-12-5-6-14-11-15(8-7-13(14)10-12)17(18(20)21-2)16-4-3-9-19-16/h5-8,10-11,16-17,19H,3-4,9H2,1-2H3/t16-,17+/m0/s1. The molecule has 1 N–H and O–H groups in total. The van der Waals surface area contributed by atoms with Crippen molar-refractivity contribution in [3.8, 4) is 0 Å². The van der Waals surface area contributed by atoms with Crippen LogP contribution < -0.4 is 5.32 Å². The molecule has 3 heteroatoms. The number of carbonyl (C=O) groups excluding carboxylic acids is 1. The monoisotopic (exact) mass is 283 g/mol. The van der Waals surface area contributed by atoms with Gasteiger partial charge in [0.15, 0.2) is 0 Å². The van der Waals surface area contributed by atoms with Gasteiger partial charge in [-0.3, -0.25) is 4.79 Å². The second kappa shape index (κ2) is 5.86. The molecule has 0 aromatic heterocycles. The van der Waals surface area contributed by atoms with Crippen molar-refractivity contribution in [2.45, 2.75) is 31.7 Å². The number of nitrogens with one attached hydrogen (secondary N) is 1. The summed E-state index contributed by atoms with van der Waals surface area (Å²) in [5, 5.41) is 5.81. The van der Waals surface area contributed by atoms with Crippen molar-refractivity contribution < 1.29 is 9.53 Å². The molecule has 110 valence electrons. The molecule has 1 saturated heterocycles. The van der Waals surface area contributed by atoms with Crippen LogP contribution in [0.2, 0.25) is 0 Å². The van der Waals surface area contributed by atoms with Gasteiger partial charge in [0.1, 0.15) is 0 Å². The number of hydrogen-bond acceptors (Lipinski definition) is 3. The second-order valence-electron chi connectivity index (χ2n) is 5.81. The van der Waals surface area contributed by atoms with E-state index in [4.69, 9.17) is 4.74 Å². The van der Waals surface area contributed by atoms with Crippen LogP contribution in [0.4, 0.5) is 0 Å². The van der Waals surface area contributed by atoms with Crippen LogP contribution in [0.15, 0.2) is 36.4 Å². The summed E-state index contributed by atoms with van der Waals surface area (Å²) in [6, 6.07) is 12.8. The van der Waals surface area contributed by atoms with Gasteiger partial charge in [-0.05, 0) is 42.6 Å². The van der Waals surface area contributed by atoms with Gasteiger partial charge in [0.2, 0.25) is 0 Å². The number of hydrogen-bond donors (Lipinski definition) is 1. The van der Waals surface area contributed by atoms with Gasteiger partial charge in [-0.2, -0.15) is 0 Å². The lowest BCUT2D eigenvalue weighted by Crippen LogP contribution is -2.34. The molecule has 3 nitrogen and oxygen atoms in total. The summed E-state index contributed by atoms with van der Waals surface area (Å²) in [5.74, 6) is -0.371. The Bertz CT molecular complexity index is 659. The molecule has 0 aliphatic carbocycles. The summed E-state index contributed by atoms with van der Waals surface area (Å²) in [7, 11) is 1.47. The minimum absolute atomic E-state index is 0.152. The molecule has 2 atom stereocenters. The molecule has 1 aliphatic heterocycles. The summed E-state index contributed by atoms with van der Waals surface area (Å²) in [5.41, 5.74) is 2.29. The van der Waals surface area contributed by atoms with Crippen molar-refractivity contribution in [2.24, 2.45) is 0 Å². The maximum Gasteiger partial charge on any atom is 0.314 e. The van der Waals surface area contributed by atoms with Crippen LogP contribution in [0.5, 0.6) is 0 Å². The largest absolute Gasteiger partial charge is 0.469 e. The third kappa shape index (κ3) is 2.79. The maximum atomic E-state index is 12.2. The minimum atomic E-state index is -0.219. The summed E-state index contributed by atoms with van der Waals surface area (Å²) < 4.78 is 5.03. The van der Waals surface area contributed by atoms with Crippen molar-refractivity contribution in [2.75, 3.05) is 13.7 Å². The van der Waals surface area contributed by atoms with Gasteiger partial charge < -0.3 is 10.1 Å². The van der Waals surface area contributed by atoms with E-state index in [0.29, 0.717) is 0 Å². The number of methoxy groups -OCH3 is 1. The molecule has 1 heterocycles. The highest BCUT2D eigenvalue weighted by Crippen LogP contribution is 2.29. The number of benzene rings is 2. The topological polar surface area (TPSA) is 38.3 Å². The highest BCUT2D eigenvalue weighted by molar-refractivity contribution is 5.86. The van der Waals surface area contributed by atoms with Gasteiger partial charge >= 0.3 is 5.97 Å². The highest BCUT2D eigenvalue weighted by atomic mass is 16.5. The summed E-state index contributed by atoms with van der Waals surface area (Å²) in [6.45, 7) is 3.07. The van der Waals surface area contributed by atoms with Crippen molar-refractivity contribution >= 4 is 16.7 Å². The summed E-state index contributed by atoms with van der Waals surface area (Å²) >= 11 is 0. The van der Waals surface area contributed by atoms with Gasteiger partial charge in [-0.15, -0.1) is 0 Å². The fraction of sp³-hybridized carbons (Fsp3) is 0.389. The van der Waals surface area contributed by atoms with Gasteiger partial charge in [0.25, 0.3) is 0 Å². The van der Waals surface area contributed by atoms with Crippen LogP contribution >= 0.6 is 0 Å².